The van der Waals surface area contributed by atoms with Gasteiger partial charge >= 0.3 is 6.03 Å². The number of primary amides is 1. The Morgan fingerprint density at radius 3 is 2.77 bits per heavy atom. The summed E-state index contributed by atoms with van der Waals surface area (Å²) in [5.74, 6) is -0.0462. The van der Waals surface area contributed by atoms with Crippen LogP contribution < -0.4 is 10.6 Å². The number of nitrogens with two attached hydrogens (primary N) is 1. The number of nitrogens with zero attached hydrogens (tertiary/aromatic N) is 4. The molecule has 8 nitrogen and oxygen atoms in total. The standard InChI is InChI=1S/C18H24N6O2/c1-3-6-23(18(19)26)11-4-5-15-14(8-11)16(21-20-15)17(25)24-10-12-7-13(24)9-22(12)2/h4-5,8,12-13H,3,6-7,9-10H2,1-2H3,(H2,19,26)(H,20,21)/t12-,13-/m0/s1. The van der Waals surface area contributed by atoms with Crippen LogP contribution in [-0.2, 0) is 0 Å². The summed E-state index contributed by atoms with van der Waals surface area (Å²) in [7, 11) is 2.11. The number of amides is 3. The Balaban J connectivity index is 1.67. The zero-order valence-corrected chi connectivity index (χ0v) is 15.1. The lowest BCUT2D eigenvalue weighted by molar-refractivity contribution is 0.0646. The van der Waals surface area contributed by atoms with Gasteiger partial charge in [0.05, 0.1) is 5.52 Å². The van der Waals surface area contributed by atoms with Crippen LogP contribution in [0.15, 0.2) is 18.2 Å². The van der Waals surface area contributed by atoms with E-state index in [0.717, 1.165) is 36.8 Å². The van der Waals surface area contributed by atoms with Crippen molar-refractivity contribution in [3.63, 3.8) is 0 Å². The zero-order chi connectivity index (χ0) is 18.4. The topological polar surface area (TPSA) is 98.6 Å². The van der Waals surface area contributed by atoms with Crippen LogP contribution in [0.1, 0.15) is 30.3 Å². The second kappa shape index (κ2) is 6.28. The molecule has 3 heterocycles. The molecule has 1 aromatic carbocycles. The molecule has 2 aromatic rings. The number of hydrogen-bond acceptors (Lipinski definition) is 4. The van der Waals surface area contributed by atoms with Crippen LogP contribution in [0.2, 0.25) is 0 Å². The summed E-state index contributed by atoms with van der Waals surface area (Å²) in [5, 5.41) is 7.93. The van der Waals surface area contributed by atoms with Gasteiger partial charge in [-0.3, -0.25) is 19.7 Å². The molecule has 3 N–H and O–H groups in total. The van der Waals surface area contributed by atoms with Crippen LogP contribution in [0.5, 0.6) is 0 Å². The number of urea groups is 1. The number of fused-ring (bicyclic) bond motifs is 3. The third kappa shape index (κ3) is 2.61. The maximum Gasteiger partial charge on any atom is 0.319 e. The van der Waals surface area contributed by atoms with Crippen molar-refractivity contribution >= 4 is 28.5 Å². The van der Waals surface area contributed by atoms with E-state index in [0.29, 0.717) is 24.0 Å². The number of piperazine rings is 1. The summed E-state index contributed by atoms with van der Waals surface area (Å²) < 4.78 is 0. The van der Waals surface area contributed by atoms with Gasteiger partial charge in [0.1, 0.15) is 0 Å². The molecule has 2 atom stereocenters. The molecule has 8 heteroatoms. The Kier molecular flexibility index (Phi) is 4.07. The first kappa shape index (κ1) is 16.8. The fourth-order valence-electron chi connectivity index (χ4n) is 4.17. The number of aromatic amines is 1. The largest absolute Gasteiger partial charge is 0.351 e. The molecular formula is C18H24N6O2. The molecule has 0 unspecified atom stereocenters. The summed E-state index contributed by atoms with van der Waals surface area (Å²) in [6.07, 6.45) is 1.82. The van der Waals surface area contributed by atoms with Gasteiger partial charge in [0, 0.05) is 42.8 Å². The SMILES string of the molecule is CCCN(C(N)=O)c1ccc2[nH]nc(C(=O)N3C[C@@H]4C[C@H]3CN4C)c2c1. The van der Waals surface area contributed by atoms with Crippen molar-refractivity contribution in [2.45, 2.75) is 31.8 Å². The lowest BCUT2D eigenvalue weighted by Crippen LogP contribution is -2.47. The fraction of sp³-hybridized carbons (Fsp3) is 0.500. The number of anilines is 1. The van der Waals surface area contributed by atoms with Crippen molar-refractivity contribution in [3.05, 3.63) is 23.9 Å². The third-order valence-electron chi connectivity index (χ3n) is 5.55. The van der Waals surface area contributed by atoms with Gasteiger partial charge in [-0.25, -0.2) is 4.79 Å². The molecule has 2 saturated heterocycles. The highest BCUT2D eigenvalue weighted by Gasteiger charge is 2.44. The zero-order valence-electron chi connectivity index (χ0n) is 15.1. The van der Waals surface area contributed by atoms with Crippen LogP contribution in [0.3, 0.4) is 0 Å². The summed E-state index contributed by atoms with van der Waals surface area (Å²) in [6.45, 7) is 4.18. The first-order valence-electron chi connectivity index (χ1n) is 9.06. The molecule has 138 valence electrons. The minimum atomic E-state index is -0.498. The van der Waals surface area contributed by atoms with Gasteiger partial charge in [0.15, 0.2) is 5.69 Å². The average molecular weight is 356 g/mol. The van der Waals surface area contributed by atoms with Gasteiger partial charge in [-0.05, 0) is 38.1 Å². The van der Waals surface area contributed by atoms with Crippen LogP contribution in [0, 0.1) is 0 Å². The predicted octanol–water partition coefficient (Wildman–Crippen LogP) is 1.39. The van der Waals surface area contributed by atoms with Crippen molar-refractivity contribution in [2.24, 2.45) is 5.73 Å². The third-order valence-corrected chi connectivity index (χ3v) is 5.55. The highest BCUT2D eigenvalue weighted by Crippen LogP contribution is 2.32. The van der Waals surface area contributed by atoms with Crippen LogP contribution >= 0.6 is 0 Å². The average Bonchev–Trinajstić information content (AvgIpc) is 3.31. The fourth-order valence-corrected chi connectivity index (χ4v) is 4.17. The van der Waals surface area contributed by atoms with E-state index in [1.807, 2.05) is 30.0 Å². The van der Waals surface area contributed by atoms with E-state index in [-0.39, 0.29) is 11.9 Å². The van der Waals surface area contributed by atoms with E-state index in [2.05, 4.69) is 22.1 Å². The van der Waals surface area contributed by atoms with Gasteiger partial charge in [0.25, 0.3) is 5.91 Å². The van der Waals surface area contributed by atoms with Gasteiger partial charge in [-0.15, -0.1) is 0 Å². The molecule has 0 saturated carbocycles. The van der Waals surface area contributed by atoms with Crippen molar-refractivity contribution in [1.29, 1.82) is 0 Å². The number of likely N-dealkylation sites (N-methyl/N-ethyl adjacent to an activating group) is 1. The predicted molar refractivity (Wildman–Crippen MR) is 99.2 cm³/mol. The molecule has 0 radical (unpaired) electrons. The Bertz CT molecular complexity index is 860. The molecule has 2 fully saturated rings. The Morgan fingerprint density at radius 2 is 2.15 bits per heavy atom. The van der Waals surface area contributed by atoms with Gasteiger partial charge in [-0.1, -0.05) is 6.92 Å². The molecule has 2 aliphatic heterocycles. The highest BCUT2D eigenvalue weighted by molar-refractivity contribution is 6.06. The summed E-state index contributed by atoms with van der Waals surface area (Å²) in [6, 6.07) is 5.69. The van der Waals surface area contributed by atoms with Crippen LogP contribution in [0.25, 0.3) is 10.9 Å². The molecule has 2 aliphatic rings. The molecule has 4 rings (SSSR count). The summed E-state index contributed by atoms with van der Waals surface area (Å²) >= 11 is 0. The number of benzene rings is 1. The van der Waals surface area contributed by atoms with Crippen molar-refractivity contribution in [3.8, 4) is 0 Å². The number of nitrogens with one attached hydrogen (secondary N) is 1. The lowest BCUT2D eigenvalue weighted by atomic mass is 10.1. The van der Waals surface area contributed by atoms with E-state index in [1.165, 1.54) is 4.90 Å². The van der Waals surface area contributed by atoms with E-state index in [4.69, 9.17) is 5.73 Å². The minimum absolute atomic E-state index is 0.0462. The van der Waals surface area contributed by atoms with Crippen molar-refractivity contribution in [1.82, 2.24) is 20.0 Å². The number of likely N-dealkylation sites (tertiary alicyclic amines) is 2. The van der Waals surface area contributed by atoms with Crippen LogP contribution in [-0.4, -0.2) is 70.7 Å². The quantitative estimate of drug-likeness (QED) is 0.865. The lowest BCUT2D eigenvalue weighted by Gasteiger charge is -2.31. The Hall–Kier alpha value is -2.61. The second-order valence-corrected chi connectivity index (χ2v) is 7.23. The monoisotopic (exact) mass is 356 g/mol. The van der Waals surface area contributed by atoms with E-state index >= 15 is 0 Å². The number of carbonyl (C=O) groups excluding carboxylic acids is 2. The number of rotatable bonds is 4. The maximum atomic E-state index is 13.1. The molecule has 1 aromatic heterocycles. The van der Waals surface area contributed by atoms with E-state index in [1.54, 1.807) is 0 Å². The van der Waals surface area contributed by atoms with E-state index in [9.17, 15) is 9.59 Å². The van der Waals surface area contributed by atoms with Gasteiger partial charge in [-0.2, -0.15) is 5.10 Å². The number of hydrogen-bond donors (Lipinski definition) is 2. The summed E-state index contributed by atoms with van der Waals surface area (Å²) in [5.41, 5.74) is 7.39. The smallest absolute Gasteiger partial charge is 0.319 e. The van der Waals surface area contributed by atoms with Crippen LogP contribution in [0.4, 0.5) is 10.5 Å². The molecule has 0 spiro atoms. The molecule has 26 heavy (non-hydrogen) atoms. The summed E-state index contributed by atoms with van der Waals surface area (Å²) in [4.78, 5) is 30.6. The Morgan fingerprint density at radius 1 is 1.35 bits per heavy atom. The first-order chi connectivity index (χ1) is 12.5. The first-order valence-corrected chi connectivity index (χ1v) is 9.06. The van der Waals surface area contributed by atoms with Crippen molar-refractivity contribution in [2.75, 3.05) is 31.6 Å². The Labute approximate surface area is 151 Å². The van der Waals surface area contributed by atoms with Gasteiger partial charge < -0.3 is 10.6 Å². The normalized spacial score (nSPS) is 22.3. The van der Waals surface area contributed by atoms with Gasteiger partial charge in [0.2, 0.25) is 0 Å². The molecule has 0 aliphatic carbocycles. The molecule has 3 amide bonds. The number of carbonyl (C=O) groups is 2. The van der Waals surface area contributed by atoms with E-state index < -0.39 is 6.03 Å². The maximum absolute atomic E-state index is 13.1. The number of aromatic nitrogens is 2. The highest BCUT2D eigenvalue weighted by atomic mass is 16.2. The number of H-pyrrole nitrogens is 1. The van der Waals surface area contributed by atoms with Crippen molar-refractivity contribution < 1.29 is 9.59 Å². The second-order valence-electron chi connectivity index (χ2n) is 7.23. The molecular weight excluding hydrogens is 332 g/mol. The molecule has 2 bridgehead atoms. The minimum Gasteiger partial charge on any atom is -0.351 e.